The highest BCUT2D eigenvalue weighted by atomic mass is 16.5. The minimum atomic E-state index is -0.415. The molecule has 0 aliphatic heterocycles. The van der Waals surface area contributed by atoms with E-state index in [1.54, 1.807) is 60.7 Å². The summed E-state index contributed by atoms with van der Waals surface area (Å²) in [7, 11) is 1.32. The van der Waals surface area contributed by atoms with E-state index in [1.807, 2.05) is 0 Å². The van der Waals surface area contributed by atoms with E-state index in [-0.39, 0.29) is 24.2 Å². The molecule has 2 aromatic carbocycles. The molecule has 8 nitrogen and oxygen atoms in total. The first-order valence-electron chi connectivity index (χ1n) is 9.07. The third kappa shape index (κ3) is 5.71. The van der Waals surface area contributed by atoms with Gasteiger partial charge >= 0.3 is 5.97 Å². The Kier molecular flexibility index (Phi) is 6.83. The molecule has 3 aromatic rings. The molecule has 0 saturated carbocycles. The molecule has 0 aliphatic carbocycles. The molecule has 2 amide bonds. The van der Waals surface area contributed by atoms with Crippen molar-refractivity contribution in [3.63, 3.8) is 0 Å². The van der Waals surface area contributed by atoms with Gasteiger partial charge in [-0.05, 0) is 42.0 Å². The highest BCUT2D eigenvalue weighted by molar-refractivity contribution is 6.02. The predicted molar refractivity (Wildman–Crippen MR) is 108 cm³/mol. The SMILES string of the molecule is COC(=O)c1ccc(CNC(=O)COc2cccc(NC(=O)c3ccco3)c2)cc1. The smallest absolute Gasteiger partial charge is 0.337 e. The molecule has 0 atom stereocenters. The van der Waals surface area contributed by atoms with Crippen LogP contribution < -0.4 is 15.4 Å². The monoisotopic (exact) mass is 408 g/mol. The number of esters is 1. The number of nitrogens with one attached hydrogen (secondary N) is 2. The third-order valence-electron chi connectivity index (χ3n) is 4.07. The molecule has 0 spiro atoms. The average Bonchev–Trinajstić information content (AvgIpc) is 3.31. The molecular formula is C22H20N2O6. The standard InChI is InChI=1S/C22H20N2O6/c1-28-22(27)16-9-7-15(8-10-16)13-23-20(25)14-30-18-5-2-4-17(12-18)24-21(26)19-6-3-11-29-19/h2-12H,13-14H2,1H3,(H,23,25)(H,24,26). The number of carbonyl (C=O) groups excluding carboxylic acids is 3. The number of anilines is 1. The summed E-state index contributed by atoms with van der Waals surface area (Å²) in [6, 6.07) is 16.6. The number of furan rings is 1. The largest absolute Gasteiger partial charge is 0.484 e. The number of carbonyl (C=O) groups is 3. The number of rotatable bonds is 8. The Balaban J connectivity index is 1.46. The summed E-state index contributed by atoms with van der Waals surface area (Å²) in [5.74, 6) is -0.475. The average molecular weight is 408 g/mol. The summed E-state index contributed by atoms with van der Waals surface area (Å²) < 4.78 is 15.2. The Morgan fingerprint density at radius 2 is 1.80 bits per heavy atom. The van der Waals surface area contributed by atoms with Crippen molar-refractivity contribution in [3.8, 4) is 5.75 Å². The second kappa shape index (κ2) is 9.92. The Morgan fingerprint density at radius 3 is 2.50 bits per heavy atom. The highest BCUT2D eigenvalue weighted by Crippen LogP contribution is 2.18. The van der Waals surface area contributed by atoms with Crippen molar-refractivity contribution in [2.24, 2.45) is 0 Å². The van der Waals surface area contributed by atoms with Gasteiger partial charge in [-0.15, -0.1) is 0 Å². The third-order valence-corrected chi connectivity index (χ3v) is 4.07. The molecule has 0 saturated heterocycles. The molecule has 8 heteroatoms. The maximum Gasteiger partial charge on any atom is 0.337 e. The van der Waals surface area contributed by atoms with Crippen molar-refractivity contribution in [2.75, 3.05) is 19.0 Å². The van der Waals surface area contributed by atoms with Gasteiger partial charge in [0.15, 0.2) is 12.4 Å². The normalized spacial score (nSPS) is 10.2. The summed E-state index contributed by atoms with van der Waals surface area (Å²) in [6.07, 6.45) is 1.42. The summed E-state index contributed by atoms with van der Waals surface area (Å²) in [6.45, 7) is 0.110. The number of ether oxygens (including phenoxy) is 2. The van der Waals surface area contributed by atoms with Gasteiger partial charge in [0, 0.05) is 18.3 Å². The van der Waals surface area contributed by atoms with E-state index < -0.39 is 5.97 Å². The number of hydrogen-bond donors (Lipinski definition) is 2. The van der Waals surface area contributed by atoms with Crippen LogP contribution in [-0.4, -0.2) is 31.5 Å². The molecule has 1 aromatic heterocycles. The summed E-state index contributed by atoms with van der Waals surface area (Å²) in [4.78, 5) is 35.5. The zero-order valence-corrected chi connectivity index (χ0v) is 16.2. The van der Waals surface area contributed by atoms with E-state index >= 15 is 0 Å². The summed E-state index contributed by atoms with van der Waals surface area (Å²) in [5.41, 5.74) is 1.79. The van der Waals surface area contributed by atoms with E-state index in [9.17, 15) is 14.4 Å². The molecule has 30 heavy (non-hydrogen) atoms. The molecule has 0 aliphatic rings. The van der Waals surface area contributed by atoms with E-state index in [1.165, 1.54) is 13.4 Å². The van der Waals surface area contributed by atoms with Crippen molar-refractivity contribution in [1.29, 1.82) is 0 Å². The van der Waals surface area contributed by atoms with Crippen LogP contribution in [0.15, 0.2) is 71.3 Å². The number of amides is 2. The minimum Gasteiger partial charge on any atom is -0.484 e. The lowest BCUT2D eigenvalue weighted by Gasteiger charge is -2.09. The van der Waals surface area contributed by atoms with Crippen LogP contribution in [0.5, 0.6) is 5.75 Å². The fourth-order valence-corrected chi connectivity index (χ4v) is 2.54. The lowest BCUT2D eigenvalue weighted by molar-refractivity contribution is -0.123. The number of methoxy groups -OCH3 is 1. The highest BCUT2D eigenvalue weighted by Gasteiger charge is 2.10. The maximum absolute atomic E-state index is 12.0. The fourth-order valence-electron chi connectivity index (χ4n) is 2.54. The molecule has 1 heterocycles. The molecule has 0 fully saturated rings. The fraction of sp³-hybridized carbons (Fsp3) is 0.136. The van der Waals surface area contributed by atoms with Crippen LogP contribution >= 0.6 is 0 Å². The summed E-state index contributed by atoms with van der Waals surface area (Å²) in [5, 5.41) is 5.42. The Hall–Kier alpha value is -4.07. The zero-order valence-electron chi connectivity index (χ0n) is 16.2. The van der Waals surface area contributed by atoms with Gasteiger partial charge in [0.25, 0.3) is 11.8 Å². The Labute approximate surface area is 172 Å². The van der Waals surface area contributed by atoms with Crippen LogP contribution in [0, 0.1) is 0 Å². The van der Waals surface area contributed by atoms with Gasteiger partial charge in [0.05, 0.1) is 18.9 Å². The van der Waals surface area contributed by atoms with Crippen LogP contribution in [0.1, 0.15) is 26.5 Å². The van der Waals surface area contributed by atoms with E-state index in [0.717, 1.165) is 5.56 Å². The molecular weight excluding hydrogens is 388 g/mol. The molecule has 154 valence electrons. The first-order valence-corrected chi connectivity index (χ1v) is 9.07. The molecule has 0 radical (unpaired) electrons. The second-order valence-electron chi connectivity index (χ2n) is 6.21. The summed E-state index contributed by atoms with van der Waals surface area (Å²) >= 11 is 0. The lowest BCUT2D eigenvalue weighted by atomic mass is 10.1. The van der Waals surface area contributed by atoms with Crippen molar-refractivity contribution < 1.29 is 28.3 Å². The molecule has 0 bridgehead atoms. The van der Waals surface area contributed by atoms with Crippen LogP contribution in [0.3, 0.4) is 0 Å². The molecule has 0 unspecified atom stereocenters. The van der Waals surface area contributed by atoms with E-state index in [0.29, 0.717) is 23.5 Å². The van der Waals surface area contributed by atoms with Crippen molar-refractivity contribution in [2.45, 2.75) is 6.54 Å². The number of hydrogen-bond acceptors (Lipinski definition) is 6. The van der Waals surface area contributed by atoms with Gasteiger partial charge in [0.1, 0.15) is 5.75 Å². The lowest BCUT2D eigenvalue weighted by Crippen LogP contribution is -2.28. The Bertz CT molecular complexity index is 1010. The molecule has 2 N–H and O–H groups in total. The van der Waals surface area contributed by atoms with Crippen molar-refractivity contribution in [1.82, 2.24) is 5.32 Å². The first-order chi connectivity index (χ1) is 14.5. The minimum absolute atomic E-state index is 0.185. The first kappa shape index (κ1) is 20.7. The Morgan fingerprint density at radius 1 is 1.00 bits per heavy atom. The van der Waals surface area contributed by atoms with Crippen LogP contribution in [0.2, 0.25) is 0 Å². The predicted octanol–water partition coefficient (Wildman–Crippen LogP) is 3.01. The van der Waals surface area contributed by atoms with Gasteiger partial charge in [0.2, 0.25) is 0 Å². The zero-order chi connectivity index (χ0) is 21.3. The van der Waals surface area contributed by atoms with Crippen LogP contribution in [-0.2, 0) is 16.1 Å². The maximum atomic E-state index is 12.0. The number of benzene rings is 2. The van der Waals surface area contributed by atoms with Gasteiger partial charge in [-0.25, -0.2) is 4.79 Å². The van der Waals surface area contributed by atoms with Gasteiger partial charge < -0.3 is 24.5 Å². The topological polar surface area (TPSA) is 107 Å². The van der Waals surface area contributed by atoms with Gasteiger partial charge in [-0.3, -0.25) is 9.59 Å². The van der Waals surface area contributed by atoms with Crippen LogP contribution in [0.4, 0.5) is 5.69 Å². The second-order valence-corrected chi connectivity index (χ2v) is 6.21. The van der Waals surface area contributed by atoms with Crippen molar-refractivity contribution in [3.05, 3.63) is 83.8 Å². The van der Waals surface area contributed by atoms with Crippen LogP contribution in [0.25, 0.3) is 0 Å². The van der Waals surface area contributed by atoms with Crippen molar-refractivity contribution >= 4 is 23.5 Å². The van der Waals surface area contributed by atoms with Gasteiger partial charge in [-0.1, -0.05) is 18.2 Å². The molecule has 3 rings (SSSR count). The van der Waals surface area contributed by atoms with E-state index in [2.05, 4.69) is 15.4 Å². The quantitative estimate of drug-likeness (QED) is 0.555. The van der Waals surface area contributed by atoms with E-state index in [4.69, 9.17) is 9.15 Å². The van der Waals surface area contributed by atoms with Gasteiger partial charge in [-0.2, -0.15) is 0 Å².